The van der Waals surface area contributed by atoms with E-state index in [-0.39, 0.29) is 0 Å². The molecule has 2 aromatic carbocycles. The number of methoxy groups -OCH3 is 1. The molecule has 0 saturated carbocycles. The maximum atomic E-state index is 5.23. The molecule has 0 aliphatic heterocycles. The predicted octanol–water partition coefficient (Wildman–Crippen LogP) is 4.91. The topological polar surface area (TPSA) is 47.0 Å². The molecule has 3 aromatic rings. The molecule has 0 bridgehead atoms. The summed E-state index contributed by atoms with van der Waals surface area (Å²) in [7, 11) is 1.65. The van der Waals surface area contributed by atoms with Crippen LogP contribution in [0.4, 0.5) is 11.5 Å². The molecule has 3 rings (SSSR count). The summed E-state index contributed by atoms with van der Waals surface area (Å²) in [5, 5.41) is 4.24. The number of halogens is 2. The van der Waals surface area contributed by atoms with Crippen LogP contribution < -0.4 is 10.1 Å². The highest BCUT2D eigenvalue weighted by atomic mass is 79.9. The lowest BCUT2D eigenvalue weighted by atomic mass is 10.2. The molecule has 0 amide bonds. The van der Waals surface area contributed by atoms with E-state index in [9.17, 15) is 0 Å². The lowest BCUT2D eigenvalue weighted by Crippen LogP contribution is -1.97. The van der Waals surface area contributed by atoms with Crippen molar-refractivity contribution < 1.29 is 4.74 Å². The van der Waals surface area contributed by atoms with Crippen LogP contribution in [0.25, 0.3) is 10.9 Å². The fourth-order valence-corrected chi connectivity index (χ4v) is 3.36. The minimum atomic E-state index is 0.746. The lowest BCUT2D eigenvalue weighted by molar-refractivity contribution is 0.415. The van der Waals surface area contributed by atoms with Gasteiger partial charge < -0.3 is 10.1 Å². The summed E-state index contributed by atoms with van der Waals surface area (Å²) in [6, 6.07) is 11.7. The van der Waals surface area contributed by atoms with Gasteiger partial charge in [0.1, 0.15) is 17.9 Å². The summed E-state index contributed by atoms with van der Waals surface area (Å²) in [4.78, 5) is 8.65. The molecule has 4 nitrogen and oxygen atoms in total. The molecule has 0 radical (unpaired) electrons. The summed E-state index contributed by atoms with van der Waals surface area (Å²) in [5.74, 6) is 1.54. The first-order chi connectivity index (χ1) is 10.2. The lowest BCUT2D eigenvalue weighted by Gasteiger charge is -2.10. The zero-order chi connectivity index (χ0) is 14.8. The van der Waals surface area contributed by atoms with Crippen molar-refractivity contribution in [2.75, 3.05) is 12.4 Å². The highest BCUT2D eigenvalue weighted by molar-refractivity contribution is 9.11. The molecule has 0 aliphatic carbocycles. The van der Waals surface area contributed by atoms with Crippen molar-refractivity contribution in [3.63, 3.8) is 0 Å². The van der Waals surface area contributed by atoms with E-state index >= 15 is 0 Å². The van der Waals surface area contributed by atoms with E-state index in [1.807, 2.05) is 36.4 Å². The molecule has 1 aromatic heterocycles. The van der Waals surface area contributed by atoms with E-state index in [1.165, 1.54) is 0 Å². The molecule has 1 heterocycles. The van der Waals surface area contributed by atoms with Crippen molar-refractivity contribution in [2.45, 2.75) is 0 Å². The number of fused-ring (bicyclic) bond motifs is 1. The van der Waals surface area contributed by atoms with E-state index in [0.29, 0.717) is 0 Å². The zero-order valence-electron chi connectivity index (χ0n) is 11.1. The second-order valence-corrected chi connectivity index (χ2v) is 6.13. The SMILES string of the molecule is COc1cccc(Nc2ncnc3c(Br)cc(Br)cc23)c1. The van der Waals surface area contributed by atoms with Gasteiger partial charge in [-0.1, -0.05) is 22.0 Å². The van der Waals surface area contributed by atoms with Gasteiger partial charge in [-0.05, 0) is 40.2 Å². The Kier molecular flexibility index (Phi) is 4.07. The van der Waals surface area contributed by atoms with Gasteiger partial charge in [-0.3, -0.25) is 0 Å². The standard InChI is InChI=1S/C15H11Br2N3O/c1-21-11-4-2-3-10(7-11)20-15-12-5-9(16)6-13(17)14(12)18-8-19-15/h2-8H,1H3,(H,18,19,20). The van der Waals surface area contributed by atoms with Gasteiger partial charge in [-0.2, -0.15) is 0 Å². The predicted molar refractivity (Wildman–Crippen MR) is 91.2 cm³/mol. The number of ether oxygens (including phenoxy) is 1. The summed E-state index contributed by atoms with van der Waals surface area (Å²) in [5.41, 5.74) is 1.77. The number of benzene rings is 2. The molecular weight excluding hydrogens is 398 g/mol. The van der Waals surface area contributed by atoms with E-state index in [0.717, 1.165) is 37.1 Å². The Hall–Kier alpha value is -1.66. The number of anilines is 2. The maximum Gasteiger partial charge on any atom is 0.141 e. The van der Waals surface area contributed by atoms with Crippen LogP contribution in [0.5, 0.6) is 5.75 Å². The van der Waals surface area contributed by atoms with Gasteiger partial charge in [0.25, 0.3) is 0 Å². The third-order valence-corrected chi connectivity index (χ3v) is 4.05. The fourth-order valence-electron chi connectivity index (χ4n) is 2.03. The highest BCUT2D eigenvalue weighted by Gasteiger charge is 2.08. The summed E-state index contributed by atoms with van der Waals surface area (Å²) < 4.78 is 7.11. The first-order valence-electron chi connectivity index (χ1n) is 6.18. The monoisotopic (exact) mass is 407 g/mol. The maximum absolute atomic E-state index is 5.23. The van der Waals surface area contributed by atoms with Crippen molar-refractivity contribution in [1.82, 2.24) is 9.97 Å². The van der Waals surface area contributed by atoms with Crippen molar-refractivity contribution in [1.29, 1.82) is 0 Å². The normalized spacial score (nSPS) is 10.6. The molecule has 6 heteroatoms. The third kappa shape index (κ3) is 3.01. The van der Waals surface area contributed by atoms with Gasteiger partial charge in [0.2, 0.25) is 0 Å². The minimum Gasteiger partial charge on any atom is -0.497 e. The van der Waals surface area contributed by atoms with Crippen LogP contribution in [-0.2, 0) is 0 Å². The molecule has 21 heavy (non-hydrogen) atoms. The largest absolute Gasteiger partial charge is 0.497 e. The first-order valence-corrected chi connectivity index (χ1v) is 7.77. The average Bonchev–Trinajstić information content (AvgIpc) is 2.48. The van der Waals surface area contributed by atoms with Gasteiger partial charge >= 0.3 is 0 Å². The third-order valence-electron chi connectivity index (χ3n) is 2.99. The molecule has 0 saturated heterocycles. The number of hydrogen-bond acceptors (Lipinski definition) is 4. The summed E-state index contributed by atoms with van der Waals surface area (Å²) >= 11 is 7.01. The zero-order valence-corrected chi connectivity index (χ0v) is 14.3. The molecule has 0 unspecified atom stereocenters. The summed E-state index contributed by atoms with van der Waals surface area (Å²) in [6.07, 6.45) is 1.55. The Morgan fingerprint density at radius 1 is 1.10 bits per heavy atom. The van der Waals surface area contributed by atoms with Crippen LogP contribution >= 0.6 is 31.9 Å². The minimum absolute atomic E-state index is 0.746. The number of hydrogen-bond donors (Lipinski definition) is 1. The average molecular weight is 409 g/mol. The first kappa shape index (κ1) is 14.3. The molecule has 1 N–H and O–H groups in total. The van der Waals surface area contributed by atoms with Gasteiger partial charge in [0, 0.05) is 26.1 Å². The van der Waals surface area contributed by atoms with E-state index in [2.05, 4.69) is 47.1 Å². The van der Waals surface area contributed by atoms with Crippen molar-refractivity contribution in [3.8, 4) is 5.75 Å². The number of nitrogens with zero attached hydrogens (tertiary/aromatic N) is 2. The molecule has 0 spiro atoms. The van der Waals surface area contributed by atoms with E-state index in [1.54, 1.807) is 13.4 Å². The van der Waals surface area contributed by atoms with Crippen molar-refractivity contribution >= 4 is 54.3 Å². The number of rotatable bonds is 3. The summed E-state index contributed by atoms with van der Waals surface area (Å²) in [6.45, 7) is 0. The van der Waals surface area contributed by atoms with Gasteiger partial charge in [-0.25, -0.2) is 9.97 Å². The fraction of sp³-hybridized carbons (Fsp3) is 0.0667. The number of aromatic nitrogens is 2. The molecular formula is C15H11Br2N3O. The second-order valence-electron chi connectivity index (χ2n) is 4.36. The van der Waals surface area contributed by atoms with Crippen LogP contribution in [0.1, 0.15) is 0 Å². The van der Waals surface area contributed by atoms with Crippen molar-refractivity contribution in [2.24, 2.45) is 0 Å². The van der Waals surface area contributed by atoms with E-state index in [4.69, 9.17) is 4.74 Å². The van der Waals surface area contributed by atoms with Crippen LogP contribution in [0, 0.1) is 0 Å². The van der Waals surface area contributed by atoms with Crippen molar-refractivity contribution in [3.05, 3.63) is 51.7 Å². The Labute approximate surface area is 138 Å². The quantitative estimate of drug-likeness (QED) is 0.668. The molecule has 106 valence electrons. The highest BCUT2D eigenvalue weighted by Crippen LogP contribution is 2.31. The van der Waals surface area contributed by atoms with Crippen LogP contribution in [0.3, 0.4) is 0 Å². The molecule has 0 aliphatic rings. The van der Waals surface area contributed by atoms with Crippen LogP contribution in [-0.4, -0.2) is 17.1 Å². The molecule has 0 fully saturated rings. The van der Waals surface area contributed by atoms with Crippen LogP contribution in [0.2, 0.25) is 0 Å². The molecule has 0 atom stereocenters. The second kappa shape index (κ2) is 5.99. The number of nitrogens with one attached hydrogen (secondary N) is 1. The Morgan fingerprint density at radius 2 is 1.95 bits per heavy atom. The van der Waals surface area contributed by atoms with E-state index < -0.39 is 0 Å². The Morgan fingerprint density at radius 3 is 2.76 bits per heavy atom. The smallest absolute Gasteiger partial charge is 0.141 e. The van der Waals surface area contributed by atoms with Gasteiger partial charge in [0.15, 0.2) is 0 Å². The Balaban J connectivity index is 2.08. The Bertz CT molecular complexity index is 808. The van der Waals surface area contributed by atoms with Gasteiger partial charge in [-0.15, -0.1) is 0 Å². The van der Waals surface area contributed by atoms with Gasteiger partial charge in [0.05, 0.1) is 12.6 Å². The van der Waals surface area contributed by atoms with Crippen LogP contribution in [0.15, 0.2) is 51.7 Å².